The van der Waals surface area contributed by atoms with Crippen molar-refractivity contribution in [3.05, 3.63) is 0 Å². The molecule has 1 saturated carbocycles. The van der Waals surface area contributed by atoms with Crippen LogP contribution in [0.1, 0.15) is 13.3 Å². The van der Waals surface area contributed by atoms with E-state index in [4.69, 9.17) is 5.26 Å². The Labute approximate surface area is 61.4 Å². The molecule has 54 valence electrons. The third kappa shape index (κ3) is 0.674. The topological polar surface area (TPSA) is 27.0 Å². The van der Waals surface area contributed by atoms with Crippen molar-refractivity contribution in [1.29, 1.82) is 5.26 Å². The molecule has 1 aliphatic heterocycles. The van der Waals surface area contributed by atoms with Gasteiger partial charge in [0.15, 0.2) is 0 Å². The second-order valence-electron chi connectivity index (χ2n) is 3.32. The highest BCUT2D eigenvalue weighted by Gasteiger charge is 2.51. The first-order valence-electron chi connectivity index (χ1n) is 4.00. The van der Waals surface area contributed by atoms with Crippen LogP contribution in [-0.2, 0) is 0 Å². The lowest BCUT2D eigenvalue weighted by molar-refractivity contribution is 0.274. The Morgan fingerprint density at radius 1 is 1.70 bits per heavy atom. The molecular formula is C8H12N2. The molecule has 0 aromatic heterocycles. The Kier molecular flexibility index (Phi) is 1.21. The Morgan fingerprint density at radius 3 is 3.00 bits per heavy atom. The zero-order valence-electron chi connectivity index (χ0n) is 6.25. The lowest BCUT2D eigenvalue weighted by atomic mass is 10.2. The summed E-state index contributed by atoms with van der Waals surface area (Å²) in [6.07, 6.45) is 1.31. The Morgan fingerprint density at radius 2 is 2.50 bits per heavy atom. The SMILES string of the molecule is CCN1CC2CC2C1C#N. The number of nitriles is 1. The van der Waals surface area contributed by atoms with Crippen LogP contribution in [0.15, 0.2) is 0 Å². The third-order valence-corrected chi connectivity index (χ3v) is 2.78. The molecule has 2 heteroatoms. The predicted octanol–water partition coefficient (Wildman–Crippen LogP) is 0.850. The molecule has 1 aliphatic carbocycles. The zero-order valence-corrected chi connectivity index (χ0v) is 6.25. The molecule has 0 N–H and O–H groups in total. The van der Waals surface area contributed by atoms with Gasteiger partial charge >= 0.3 is 0 Å². The number of likely N-dealkylation sites (tertiary alicyclic amines) is 1. The van der Waals surface area contributed by atoms with Gasteiger partial charge in [-0.15, -0.1) is 0 Å². The summed E-state index contributed by atoms with van der Waals surface area (Å²) in [5.41, 5.74) is 0. The minimum absolute atomic E-state index is 0.259. The van der Waals surface area contributed by atoms with E-state index in [1.54, 1.807) is 0 Å². The van der Waals surface area contributed by atoms with Gasteiger partial charge in [-0.1, -0.05) is 6.92 Å². The van der Waals surface area contributed by atoms with Crippen LogP contribution >= 0.6 is 0 Å². The van der Waals surface area contributed by atoms with Gasteiger partial charge < -0.3 is 0 Å². The maximum absolute atomic E-state index is 8.77. The maximum Gasteiger partial charge on any atom is 0.101 e. The molecule has 0 spiro atoms. The van der Waals surface area contributed by atoms with Crippen LogP contribution in [0.2, 0.25) is 0 Å². The van der Waals surface area contributed by atoms with Crippen molar-refractivity contribution >= 4 is 0 Å². The third-order valence-electron chi connectivity index (χ3n) is 2.78. The molecule has 0 aromatic carbocycles. The predicted molar refractivity (Wildman–Crippen MR) is 38.2 cm³/mol. The van der Waals surface area contributed by atoms with Gasteiger partial charge in [0.05, 0.1) is 6.07 Å². The quantitative estimate of drug-likeness (QED) is 0.534. The lowest BCUT2D eigenvalue weighted by Gasteiger charge is -2.18. The van der Waals surface area contributed by atoms with Crippen molar-refractivity contribution in [3.63, 3.8) is 0 Å². The monoisotopic (exact) mass is 136 g/mol. The van der Waals surface area contributed by atoms with Crippen molar-refractivity contribution in [1.82, 2.24) is 4.90 Å². The highest BCUT2D eigenvalue weighted by Crippen LogP contribution is 2.48. The van der Waals surface area contributed by atoms with Gasteiger partial charge in [-0.3, -0.25) is 4.90 Å². The molecule has 1 heterocycles. The fourth-order valence-corrected chi connectivity index (χ4v) is 2.06. The summed E-state index contributed by atoms with van der Waals surface area (Å²) in [5.74, 6) is 1.62. The molecule has 3 unspecified atom stereocenters. The van der Waals surface area contributed by atoms with E-state index >= 15 is 0 Å². The summed E-state index contributed by atoms with van der Waals surface area (Å²) in [6, 6.07) is 2.64. The number of fused-ring (bicyclic) bond motifs is 1. The van der Waals surface area contributed by atoms with Crippen molar-refractivity contribution in [2.45, 2.75) is 19.4 Å². The van der Waals surface area contributed by atoms with E-state index in [2.05, 4.69) is 17.9 Å². The number of nitrogens with zero attached hydrogens (tertiary/aromatic N) is 2. The summed E-state index contributed by atoms with van der Waals surface area (Å²) >= 11 is 0. The van der Waals surface area contributed by atoms with E-state index in [-0.39, 0.29) is 6.04 Å². The summed E-state index contributed by atoms with van der Waals surface area (Å²) in [6.45, 7) is 4.36. The van der Waals surface area contributed by atoms with Crippen LogP contribution in [0, 0.1) is 23.2 Å². The molecule has 2 aliphatic rings. The Balaban J connectivity index is 2.07. The molecule has 3 atom stereocenters. The molecule has 10 heavy (non-hydrogen) atoms. The van der Waals surface area contributed by atoms with Crippen molar-refractivity contribution in [2.75, 3.05) is 13.1 Å². The summed E-state index contributed by atoms with van der Waals surface area (Å²) in [5, 5.41) is 8.77. The van der Waals surface area contributed by atoms with Gasteiger partial charge in [0, 0.05) is 6.54 Å². The molecular weight excluding hydrogens is 124 g/mol. The van der Waals surface area contributed by atoms with Gasteiger partial charge in [0.1, 0.15) is 6.04 Å². The largest absolute Gasteiger partial charge is 0.288 e. The highest BCUT2D eigenvalue weighted by atomic mass is 15.2. The molecule has 2 nitrogen and oxygen atoms in total. The summed E-state index contributed by atoms with van der Waals surface area (Å²) in [4.78, 5) is 2.29. The fourth-order valence-electron chi connectivity index (χ4n) is 2.06. The average Bonchev–Trinajstić information content (AvgIpc) is 2.63. The minimum atomic E-state index is 0.259. The van der Waals surface area contributed by atoms with Gasteiger partial charge in [-0.25, -0.2) is 0 Å². The standard InChI is InChI=1S/C8H12N2/c1-2-10-5-6-3-7(6)8(10)4-9/h6-8H,2-3,5H2,1H3. The van der Waals surface area contributed by atoms with E-state index in [9.17, 15) is 0 Å². The van der Waals surface area contributed by atoms with Crippen LogP contribution in [0.25, 0.3) is 0 Å². The van der Waals surface area contributed by atoms with Crippen molar-refractivity contribution < 1.29 is 0 Å². The Hall–Kier alpha value is -0.550. The number of hydrogen-bond donors (Lipinski definition) is 0. The van der Waals surface area contributed by atoms with Crippen LogP contribution in [-0.4, -0.2) is 24.0 Å². The fraction of sp³-hybridized carbons (Fsp3) is 0.875. The van der Waals surface area contributed by atoms with Gasteiger partial charge in [-0.05, 0) is 24.8 Å². The first-order chi connectivity index (χ1) is 4.86. The van der Waals surface area contributed by atoms with Crippen LogP contribution in [0.5, 0.6) is 0 Å². The number of rotatable bonds is 1. The van der Waals surface area contributed by atoms with Crippen LogP contribution in [0.4, 0.5) is 0 Å². The van der Waals surface area contributed by atoms with E-state index in [1.807, 2.05) is 0 Å². The minimum Gasteiger partial charge on any atom is -0.288 e. The molecule has 2 rings (SSSR count). The van der Waals surface area contributed by atoms with Crippen LogP contribution in [0.3, 0.4) is 0 Å². The summed E-state index contributed by atoms with van der Waals surface area (Å²) < 4.78 is 0. The molecule has 1 saturated heterocycles. The normalized spacial score (nSPS) is 44.6. The first kappa shape index (κ1) is 6.18. The van der Waals surface area contributed by atoms with E-state index in [0.29, 0.717) is 0 Å². The zero-order chi connectivity index (χ0) is 7.14. The maximum atomic E-state index is 8.77. The Bertz CT molecular complexity index is 182. The van der Waals surface area contributed by atoms with Gasteiger partial charge in [0.25, 0.3) is 0 Å². The van der Waals surface area contributed by atoms with Crippen molar-refractivity contribution in [3.8, 4) is 6.07 Å². The molecule has 0 aromatic rings. The first-order valence-corrected chi connectivity index (χ1v) is 4.00. The number of hydrogen-bond acceptors (Lipinski definition) is 2. The molecule has 2 fully saturated rings. The summed E-state index contributed by atoms with van der Waals surface area (Å²) in [7, 11) is 0. The van der Waals surface area contributed by atoms with E-state index < -0.39 is 0 Å². The average molecular weight is 136 g/mol. The van der Waals surface area contributed by atoms with Crippen LogP contribution < -0.4 is 0 Å². The lowest BCUT2D eigenvalue weighted by Crippen LogP contribution is -2.31. The molecule has 0 bridgehead atoms. The van der Waals surface area contributed by atoms with E-state index in [0.717, 1.165) is 18.4 Å². The van der Waals surface area contributed by atoms with Gasteiger partial charge in [-0.2, -0.15) is 5.26 Å². The smallest absolute Gasteiger partial charge is 0.101 e. The number of piperidine rings is 1. The van der Waals surface area contributed by atoms with E-state index in [1.165, 1.54) is 13.0 Å². The van der Waals surface area contributed by atoms with Gasteiger partial charge in [0.2, 0.25) is 0 Å². The second-order valence-corrected chi connectivity index (χ2v) is 3.32. The molecule has 0 amide bonds. The molecule has 0 radical (unpaired) electrons. The highest BCUT2D eigenvalue weighted by molar-refractivity contribution is 5.12. The second kappa shape index (κ2) is 1.96. The van der Waals surface area contributed by atoms with Crippen molar-refractivity contribution in [2.24, 2.45) is 11.8 Å².